The zero-order chi connectivity index (χ0) is 13.7. The number of likely N-dealkylation sites (tertiary alicyclic amines) is 1. The molecule has 1 aliphatic rings. The summed E-state index contributed by atoms with van der Waals surface area (Å²) in [5.41, 5.74) is 0. The Kier molecular flexibility index (Phi) is 4.79. The van der Waals surface area contributed by atoms with Crippen molar-refractivity contribution in [1.82, 2.24) is 4.90 Å². The molecule has 1 N–H and O–H groups in total. The van der Waals surface area contributed by atoms with Crippen LogP contribution in [0.2, 0.25) is 0 Å². The summed E-state index contributed by atoms with van der Waals surface area (Å²) in [6.45, 7) is 1.58. The smallest absolute Gasteiger partial charge is 0.346 e. The van der Waals surface area contributed by atoms with Crippen molar-refractivity contribution in [3.05, 3.63) is 16.3 Å². The third-order valence-electron chi connectivity index (χ3n) is 3.11. The lowest BCUT2D eigenvalue weighted by Crippen LogP contribution is -2.35. The van der Waals surface area contributed by atoms with Crippen LogP contribution < -0.4 is 4.74 Å². The molecule has 6 heteroatoms. The average Bonchev–Trinajstić information content (AvgIpc) is 2.70. The first-order chi connectivity index (χ1) is 9.16. The van der Waals surface area contributed by atoms with Crippen LogP contribution in [0, 0.1) is 0 Å². The average molecular weight is 283 g/mol. The van der Waals surface area contributed by atoms with E-state index in [1.54, 1.807) is 5.38 Å². The van der Waals surface area contributed by atoms with Gasteiger partial charge in [0, 0.05) is 24.5 Å². The normalized spacial score (nSPS) is 15.9. The van der Waals surface area contributed by atoms with Crippen LogP contribution in [0.15, 0.2) is 11.4 Å². The van der Waals surface area contributed by atoms with Crippen molar-refractivity contribution in [3.8, 4) is 5.75 Å². The van der Waals surface area contributed by atoms with E-state index in [1.807, 2.05) is 4.90 Å². The van der Waals surface area contributed by atoms with Gasteiger partial charge in [-0.2, -0.15) is 0 Å². The summed E-state index contributed by atoms with van der Waals surface area (Å²) in [7, 11) is 0. The molecule has 0 aliphatic carbocycles. The molecular formula is C13H17NO4S. The van der Waals surface area contributed by atoms with Crippen LogP contribution in [0.5, 0.6) is 5.75 Å². The maximum Gasteiger partial charge on any atom is 0.346 e. The zero-order valence-corrected chi connectivity index (χ0v) is 11.4. The number of thiophene rings is 1. The molecule has 1 fully saturated rings. The Bertz CT molecular complexity index is 449. The molecule has 0 radical (unpaired) electrons. The highest BCUT2D eigenvalue weighted by Gasteiger charge is 2.16. The van der Waals surface area contributed by atoms with Crippen LogP contribution in [0.25, 0.3) is 0 Å². The molecule has 1 aromatic rings. The largest absolute Gasteiger partial charge is 0.483 e. The Morgan fingerprint density at radius 2 is 1.95 bits per heavy atom. The Morgan fingerprint density at radius 3 is 2.53 bits per heavy atom. The summed E-state index contributed by atoms with van der Waals surface area (Å²) in [4.78, 5) is 24.7. The van der Waals surface area contributed by atoms with Crippen LogP contribution in [-0.2, 0) is 4.79 Å². The van der Waals surface area contributed by atoms with Crippen molar-refractivity contribution in [2.24, 2.45) is 0 Å². The number of carbonyl (C=O) groups is 2. The summed E-state index contributed by atoms with van der Waals surface area (Å²) < 4.78 is 5.35. The maximum atomic E-state index is 12.0. The predicted octanol–water partition coefficient (Wildman–Crippen LogP) is 2.23. The van der Waals surface area contributed by atoms with Crippen LogP contribution in [0.4, 0.5) is 0 Å². The Morgan fingerprint density at radius 1 is 1.26 bits per heavy atom. The van der Waals surface area contributed by atoms with Crippen molar-refractivity contribution < 1.29 is 19.4 Å². The van der Waals surface area contributed by atoms with E-state index in [0.717, 1.165) is 37.3 Å². The maximum absolute atomic E-state index is 12.0. The Balaban J connectivity index is 1.83. The first-order valence-electron chi connectivity index (χ1n) is 6.39. The topological polar surface area (TPSA) is 66.8 Å². The molecule has 0 spiro atoms. The summed E-state index contributed by atoms with van der Waals surface area (Å²) in [6, 6.07) is 1.45. The van der Waals surface area contributed by atoms with E-state index in [4.69, 9.17) is 9.84 Å². The number of ether oxygens (including phenoxy) is 1. The first-order valence-corrected chi connectivity index (χ1v) is 7.27. The lowest BCUT2D eigenvalue weighted by atomic mass is 10.2. The number of aromatic carboxylic acids is 1. The zero-order valence-electron chi connectivity index (χ0n) is 10.6. The van der Waals surface area contributed by atoms with Gasteiger partial charge in [0.15, 0.2) is 6.61 Å². The number of hydrogen-bond donors (Lipinski definition) is 1. The third kappa shape index (κ3) is 3.96. The van der Waals surface area contributed by atoms with E-state index in [-0.39, 0.29) is 17.4 Å². The van der Waals surface area contributed by atoms with Crippen molar-refractivity contribution >= 4 is 23.2 Å². The van der Waals surface area contributed by atoms with Gasteiger partial charge >= 0.3 is 5.97 Å². The minimum absolute atomic E-state index is 0.0181. The van der Waals surface area contributed by atoms with Gasteiger partial charge < -0.3 is 14.7 Å². The summed E-state index contributed by atoms with van der Waals surface area (Å²) in [5, 5.41) is 10.4. The lowest BCUT2D eigenvalue weighted by Gasteiger charge is -2.20. The number of nitrogens with zero attached hydrogens (tertiary/aromatic N) is 1. The molecule has 1 aromatic heterocycles. The molecular weight excluding hydrogens is 266 g/mol. The van der Waals surface area contributed by atoms with Crippen molar-refractivity contribution in [1.29, 1.82) is 0 Å². The first kappa shape index (κ1) is 13.9. The van der Waals surface area contributed by atoms with Crippen LogP contribution in [0.3, 0.4) is 0 Å². The van der Waals surface area contributed by atoms with E-state index >= 15 is 0 Å². The quantitative estimate of drug-likeness (QED) is 0.920. The molecule has 0 bridgehead atoms. The number of carboxylic acid groups (broad SMARTS) is 1. The molecule has 1 saturated heterocycles. The van der Waals surface area contributed by atoms with E-state index in [1.165, 1.54) is 18.9 Å². The molecule has 104 valence electrons. The Hall–Kier alpha value is -1.56. The highest BCUT2D eigenvalue weighted by Crippen LogP contribution is 2.21. The van der Waals surface area contributed by atoms with E-state index in [2.05, 4.69) is 0 Å². The molecule has 1 aliphatic heterocycles. The number of rotatable bonds is 4. The molecule has 19 heavy (non-hydrogen) atoms. The van der Waals surface area contributed by atoms with Gasteiger partial charge in [-0.3, -0.25) is 4.79 Å². The molecule has 0 unspecified atom stereocenters. The molecule has 0 aromatic carbocycles. The monoisotopic (exact) mass is 283 g/mol. The second kappa shape index (κ2) is 6.56. The van der Waals surface area contributed by atoms with Crippen LogP contribution in [-0.4, -0.2) is 41.6 Å². The molecule has 0 saturated carbocycles. The third-order valence-corrected chi connectivity index (χ3v) is 4.00. The fraction of sp³-hybridized carbons (Fsp3) is 0.538. The number of hydrogen-bond acceptors (Lipinski definition) is 4. The van der Waals surface area contributed by atoms with E-state index < -0.39 is 5.97 Å². The van der Waals surface area contributed by atoms with Crippen molar-refractivity contribution in [3.63, 3.8) is 0 Å². The number of carboxylic acids is 1. The van der Waals surface area contributed by atoms with Crippen molar-refractivity contribution in [2.45, 2.75) is 25.7 Å². The van der Waals surface area contributed by atoms with Gasteiger partial charge in [-0.1, -0.05) is 12.8 Å². The van der Waals surface area contributed by atoms with Crippen molar-refractivity contribution in [2.75, 3.05) is 19.7 Å². The van der Waals surface area contributed by atoms with Gasteiger partial charge in [0.1, 0.15) is 10.6 Å². The minimum atomic E-state index is -0.973. The van der Waals surface area contributed by atoms with Gasteiger partial charge in [-0.25, -0.2) is 4.79 Å². The molecule has 0 atom stereocenters. The van der Waals surface area contributed by atoms with E-state index in [9.17, 15) is 9.59 Å². The molecule has 1 amide bonds. The summed E-state index contributed by atoms with van der Waals surface area (Å²) in [5.74, 6) is -0.547. The lowest BCUT2D eigenvalue weighted by molar-refractivity contribution is -0.133. The Labute approximate surface area is 115 Å². The second-order valence-corrected chi connectivity index (χ2v) is 5.45. The fourth-order valence-corrected chi connectivity index (χ4v) is 2.73. The van der Waals surface area contributed by atoms with Gasteiger partial charge in [0.05, 0.1) is 0 Å². The molecule has 2 heterocycles. The fourth-order valence-electron chi connectivity index (χ4n) is 2.06. The minimum Gasteiger partial charge on any atom is -0.483 e. The highest BCUT2D eigenvalue weighted by molar-refractivity contribution is 7.12. The number of amides is 1. The molecule has 5 nitrogen and oxygen atoms in total. The SMILES string of the molecule is O=C(O)c1cc(OCC(=O)N2CCCCCC2)cs1. The van der Waals surface area contributed by atoms with Crippen LogP contribution >= 0.6 is 11.3 Å². The van der Waals surface area contributed by atoms with Gasteiger partial charge in [-0.05, 0) is 12.8 Å². The summed E-state index contributed by atoms with van der Waals surface area (Å²) in [6.07, 6.45) is 4.45. The van der Waals surface area contributed by atoms with Gasteiger partial charge in [0.2, 0.25) is 0 Å². The number of carbonyl (C=O) groups excluding carboxylic acids is 1. The molecule has 2 rings (SSSR count). The predicted molar refractivity (Wildman–Crippen MR) is 71.8 cm³/mol. The van der Waals surface area contributed by atoms with Gasteiger partial charge in [-0.15, -0.1) is 11.3 Å². The second-order valence-electron chi connectivity index (χ2n) is 4.54. The summed E-state index contributed by atoms with van der Waals surface area (Å²) >= 11 is 1.10. The standard InChI is InChI=1S/C13H17NO4S/c15-12(14-5-3-1-2-4-6-14)8-18-10-7-11(13(16)17)19-9-10/h7,9H,1-6,8H2,(H,16,17). The van der Waals surface area contributed by atoms with E-state index in [0.29, 0.717) is 5.75 Å². The highest BCUT2D eigenvalue weighted by atomic mass is 32.1. The van der Waals surface area contributed by atoms with Gasteiger partial charge in [0.25, 0.3) is 5.91 Å². The van der Waals surface area contributed by atoms with Crippen LogP contribution in [0.1, 0.15) is 35.4 Å².